The molecule has 1 heterocycles. The summed E-state index contributed by atoms with van der Waals surface area (Å²) in [7, 11) is 0. The smallest absolute Gasteiger partial charge is 0.259 e. The molecule has 0 atom stereocenters. The van der Waals surface area contributed by atoms with Gasteiger partial charge in [0.05, 0.1) is 12.1 Å². The van der Waals surface area contributed by atoms with Crippen molar-refractivity contribution >= 4 is 17.7 Å². The van der Waals surface area contributed by atoms with Gasteiger partial charge in [0, 0.05) is 11.1 Å². The van der Waals surface area contributed by atoms with E-state index >= 15 is 0 Å². The van der Waals surface area contributed by atoms with Crippen LogP contribution in [-0.2, 0) is 6.54 Å². The van der Waals surface area contributed by atoms with Gasteiger partial charge in [-0.25, -0.2) is 0 Å². The maximum absolute atomic E-state index is 12.5. The Morgan fingerprint density at radius 2 is 1.68 bits per heavy atom. The zero-order valence-corrected chi connectivity index (χ0v) is 11.1. The molecule has 0 radical (unpaired) electrons. The van der Waals surface area contributed by atoms with Gasteiger partial charge in [-0.2, -0.15) is 0 Å². The summed E-state index contributed by atoms with van der Waals surface area (Å²) in [5.41, 5.74) is 1.90. The van der Waals surface area contributed by atoms with Crippen molar-refractivity contribution < 1.29 is 4.79 Å². The summed E-state index contributed by atoms with van der Waals surface area (Å²) in [6.45, 7) is 0.602. The van der Waals surface area contributed by atoms with Crippen LogP contribution in [0.3, 0.4) is 0 Å². The summed E-state index contributed by atoms with van der Waals surface area (Å²) >= 11 is 1.58. The molecule has 2 aromatic rings. The Labute approximate surface area is 116 Å². The Balaban J connectivity index is 1.90. The second-order valence-electron chi connectivity index (χ2n) is 4.32. The first-order valence-electron chi connectivity index (χ1n) is 6.12. The second-order valence-corrected chi connectivity index (χ2v) is 5.27. The standard InChI is InChI=1S/C16H13NOS/c18-16-14-8-4-5-9-15(14)19-11-10-17(16)12-13-6-2-1-3-7-13/h1-11H,12H2. The van der Waals surface area contributed by atoms with Crippen molar-refractivity contribution in [1.29, 1.82) is 0 Å². The predicted molar refractivity (Wildman–Crippen MR) is 77.8 cm³/mol. The molecule has 3 heteroatoms. The molecule has 2 nitrogen and oxygen atoms in total. The number of fused-ring (bicyclic) bond motifs is 1. The molecule has 0 aliphatic carbocycles. The molecular formula is C16H13NOS. The van der Waals surface area contributed by atoms with Gasteiger partial charge in [0.15, 0.2) is 0 Å². The molecule has 0 saturated heterocycles. The van der Waals surface area contributed by atoms with E-state index in [9.17, 15) is 4.79 Å². The molecule has 0 fully saturated rings. The van der Waals surface area contributed by atoms with Crippen molar-refractivity contribution in [1.82, 2.24) is 4.90 Å². The van der Waals surface area contributed by atoms with E-state index in [1.54, 1.807) is 16.7 Å². The van der Waals surface area contributed by atoms with Gasteiger partial charge < -0.3 is 4.90 Å². The molecule has 2 aromatic carbocycles. The second kappa shape index (κ2) is 5.33. The van der Waals surface area contributed by atoms with Crippen LogP contribution in [0.1, 0.15) is 15.9 Å². The number of thioether (sulfide) groups is 1. The van der Waals surface area contributed by atoms with Gasteiger partial charge >= 0.3 is 0 Å². The lowest BCUT2D eigenvalue weighted by atomic mass is 10.1. The highest BCUT2D eigenvalue weighted by Crippen LogP contribution is 2.28. The van der Waals surface area contributed by atoms with Crippen molar-refractivity contribution in [3.05, 3.63) is 77.3 Å². The molecule has 94 valence electrons. The van der Waals surface area contributed by atoms with Crippen molar-refractivity contribution in [2.75, 3.05) is 0 Å². The fraction of sp³-hybridized carbons (Fsp3) is 0.0625. The molecule has 0 saturated carbocycles. The molecule has 1 amide bonds. The lowest BCUT2D eigenvalue weighted by Crippen LogP contribution is -2.24. The average Bonchev–Trinajstić information content (AvgIpc) is 2.61. The lowest BCUT2D eigenvalue weighted by molar-refractivity contribution is 0.0811. The number of amides is 1. The fourth-order valence-corrected chi connectivity index (χ4v) is 2.84. The third kappa shape index (κ3) is 2.56. The Bertz CT molecular complexity index is 622. The van der Waals surface area contributed by atoms with Gasteiger partial charge in [0.25, 0.3) is 5.91 Å². The van der Waals surface area contributed by atoms with Crippen molar-refractivity contribution in [2.24, 2.45) is 0 Å². The van der Waals surface area contributed by atoms with E-state index in [1.165, 1.54) is 0 Å². The summed E-state index contributed by atoms with van der Waals surface area (Å²) in [6.07, 6.45) is 1.86. The summed E-state index contributed by atoms with van der Waals surface area (Å²) in [5, 5.41) is 1.96. The van der Waals surface area contributed by atoms with E-state index in [-0.39, 0.29) is 5.91 Å². The van der Waals surface area contributed by atoms with Gasteiger partial charge in [0.2, 0.25) is 0 Å². The van der Waals surface area contributed by atoms with Crippen molar-refractivity contribution in [2.45, 2.75) is 11.4 Å². The van der Waals surface area contributed by atoms with Crippen LogP contribution < -0.4 is 0 Å². The fourth-order valence-electron chi connectivity index (χ4n) is 2.05. The number of rotatable bonds is 2. The molecule has 1 aliphatic heterocycles. The number of benzene rings is 2. The molecular weight excluding hydrogens is 254 g/mol. The Morgan fingerprint density at radius 3 is 2.53 bits per heavy atom. The van der Waals surface area contributed by atoms with Gasteiger partial charge in [-0.3, -0.25) is 4.79 Å². The van der Waals surface area contributed by atoms with Crippen molar-refractivity contribution in [3.63, 3.8) is 0 Å². The third-order valence-electron chi connectivity index (χ3n) is 3.01. The minimum Gasteiger partial charge on any atom is -0.310 e. The average molecular weight is 267 g/mol. The molecule has 19 heavy (non-hydrogen) atoms. The van der Waals surface area contributed by atoms with Crippen LogP contribution in [0.25, 0.3) is 0 Å². The normalized spacial score (nSPS) is 14.1. The molecule has 0 unspecified atom stereocenters. The summed E-state index contributed by atoms with van der Waals surface area (Å²) in [6, 6.07) is 17.8. The van der Waals surface area contributed by atoms with E-state index in [0.717, 1.165) is 16.0 Å². The van der Waals surface area contributed by atoms with Gasteiger partial charge in [0.1, 0.15) is 0 Å². The van der Waals surface area contributed by atoms with Crippen LogP contribution in [-0.4, -0.2) is 10.8 Å². The number of hydrogen-bond donors (Lipinski definition) is 0. The number of carbonyl (C=O) groups excluding carboxylic acids is 1. The highest BCUT2D eigenvalue weighted by molar-refractivity contribution is 8.02. The van der Waals surface area contributed by atoms with E-state index < -0.39 is 0 Å². The molecule has 1 aliphatic rings. The Morgan fingerprint density at radius 1 is 0.947 bits per heavy atom. The third-order valence-corrected chi connectivity index (χ3v) is 3.88. The lowest BCUT2D eigenvalue weighted by Gasteiger charge is -2.17. The first kappa shape index (κ1) is 12.1. The Kier molecular flexibility index (Phi) is 3.38. The number of hydrogen-bond acceptors (Lipinski definition) is 2. The van der Waals surface area contributed by atoms with Gasteiger partial charge in [-0.05, 0) is 23.1 Å². The first-order chi connectivity index (χ1) is 9.34. The molecule has 0 spiro atoms. The SMILES string of the molecule is O=C1c2ccccc2SC=CN1Cc1ccccc1. The van der Waals surface area contributed by atoms with E-state index in [4.69, 9.17) is 0 Å². The minimum absolute atomic E-state index is 0.0562. The zero-order valence-electron chi connectivity index (χ0n) is 10.3. The maximum Gasteiger partial charge on any atom is 0.259 e. The minimum atomic E-state index is 0.0562. The maximum atomic E-state index is 12.5. The molecule has 3 rings (SSSR count). The number of carbonyl (C=O) groups is 1. The highest BCUT2D eigenvalue weighted by Gasteiger charge is 2.19. The Hall–Kier alpha value is -2.00. The molecule has 0 N–H and O–H groups in total. The first-order valence-corrected chi connectivity index (χ1v) is 7.00. The number of nitrogens with zero attached hydrogens (tertiary/aromatic N) is 1. The summed E-state index contributed by atoms with van der Waals surface area (Å²) < 4.78 is 0. The quantitative estimate of drug-likeness (QED) is 0.822. The monoisotopic (exact) mass is 267 g/mol. The van der Waals surface area contributed by atoms with E-state index in [2.05, 4.69) is 0 Å². The van der Waals surface area contributed by atoms with E-state index in [0.29, 0.717) is 6.54 Å². The largest absolute Gasteiger partial charge is 0.310 e. The predicted octanol–water partition coefficient (Wildman–Crippen LogP) is 3.91. The van der Waals surface area contributed by atoms with Crippen LogP contribution in [0.5, 0.6) is 0 Å². The summed E-state index contributed by atoms with van der Waals surface area (Å²) in [5.74, 6) is 0.0562. The summed E-state index contributed by atoms with van der Waals surface area (Å²) in [4.78, 5) is 15.3. The zero-order chi connectivity index (χ0) is 13.1. The van der Waals surface area contributed by atoms with Crippen LogP contribution in [0.4, 0.5) is 0 Å². The molecule has 0 aromatic heterocycles. The van der Waals surface area contributed by atoms with Crippen molar-refractivity contribution in [3.8, 4) is 0 Å². The van der Waals surface area contributed by atoms with Gasteiger partial charge in [-0.1, -0.05) is 54.2 Å². The van der Waals surface area contributed by atoms with Crippen LogP contribution in [0.2, 0.25) is 0 Å². The topological polar surface area (TPSA) is 20.3 Å². The van der Waals surface area contributed by atoms with Crippen LogP contribution >= 0.6 is 11.8 Å². The van der Waals surface area contributed by atoms with Gasteiger partial charge in [-0.15, -0.1) is 0 Å². The molecule has 0 bridgehead atoms. The van der Waals surface area contributed by atoms with E-state index in [1.807, 2.05) is 66.2 Å². The highest BCUT2D eigenvalue weighted by atomic mass is 32.2. The van der Waals surface area contributed by atoms with Crippen LogP contribution in [0, 0.1) is 0 Å². The van der Waals surface area contributed by atoms with Crippen LogP contribution in [0.15, 0.2) is 71.1 Å².